The van der Waals surface area contributed by atoms with E-state index in [9.17, 15) is 39.9 Å². The summed E-state index contributed by atoms with van der Waals surface area (Å²) in [4.78, 5) is 59.3. The summed E-state index contributed by atoms with van der Waals surface area (Å²) in [6.45, 7) is 1.34. The fourth-order valence-electron chi connectivity index (χ4n) is 4.99. The van der Waals surface area contributed by atoms with Crippen molar-refractivity contribution in [3.05, 3.63) is 76.9 Å². The maximum atomic E-state index is 12.8. The van der Waals surface area contributed by atoms with Crippen molar-refractivity contribution in [1.82, 2.24) is 0 Å². The van der Waals surface area contributed by atoms with Gasteiger partial charge in [0.15, 0.2) is 0 Å². The van der Waals surface area contributed by atoms with E-state index in [-0.39, 0.29) is 61.4 Å². The lowest BCUT2D eigenvalue weighted by Gasteiger charge is -2.25. The van der Waals surface area contributed by atoms with Crippen LogP contribution in [0.1, 0.15) is 31.8 Å². The molecular formula is C24H15N3O11. The first-order valence-electron chi connectivity index (χ1n) is 10.8. The standard InChI is InChI=1S/C24H15N3O11/c1-9-14(25(30)31)6-15(26(32)33)20-11(23(28)36-2)4-10-5-12(24(29)37-3)21-16(27(34)35)7-17-13(8-38-17)22(21)19(10)18(9)20/h4-7H,8H2,1-3H3. The quantitative estimate of drug-likeness (QED) is 0.154. The monoisotopic (exact) mass is 521 g/mol. The minimum atomic E-state index is -0.969. The summed E-state index contributed by atoms with van der Waals surface area (Å²) in [5.41, 5.74) is -1.90. The molecular weight excluding hydrogens is 506 g/mol. The van der Waals surface area contributed by atoms with Gasteiger partial charge in [0.05, 0.1) is 63.0 Å². The summed E-state index contributed by atoms with van der Waals surface area (Å²) < 4.78 is 15.1. The molecule has 0 atom stereocenters. The van der Waals surface area contributed by atoms with E-state index in [0.717, 1.165) is 26.4 Å². The largest absolute Gasteiger partial charge is 0.488 e. The topological polar surface area (TPSA) is 191 Å². The van der Waals surface area contributed by atoms with Gasteiger partial charge in [-0.05, 0) is 29.8 Å². The zero-order valence-electron chi connectivity index (χ0n) is 19.8. The van der Waals surface area contributed by atoms with Gasteiger partial charge in [0.25, 0.3) is 17.1 Å². The van der Waals surface area contributed by atoms with Crippen LogP contribution in [0.5, 0.6) is 5.75 Å². The predicted molar refractivity (Wildman–Crippen MR) is 131 cm³/mol. The van der Waals surface area contributed by atoms with Crippen LogP contribution in [-0.2, 0) is 16.1 Å². The normalized spacial score (nSPS) is 12.0. The molecule has 0 saturated carbocycles. The number of aryl methyl sites for hydroxylation is 1. The van der Waals surface area contributed by atoms with Crippen LogP contribution in [0.3, 0.4) is 0 Å². The van der Waals surface area contributed by atoms with Gasteiger partial charge in [0, 0.05) is 21.9 Å². The average molecular weight is 521 g/mol. The van der Waals surface area contributed by atoms with Gasteiger partial charge in [-0.1, -0.05) is 0 Å². The maximum Gasteiger partial charge on any atom is 0.338 e. The third kappa shape index (κ3) is 3.20. The van der Waals surface area contributed by atoms with Gasteiger partial charge in [-0.2, -0.15) is 0 Å². The molecule has 4 aromatic carbocycles. The number of esters is 2. The van der Waals surface area contributed by atoms with E-state index in [0.29, 0.717) is 5.56 Å². The first-order valence-corrected chi connectivity index (χ1v) is 10.8. The molecule has 0 fully saturated rings. The van der Waals surface area contributed by atoms with Crippen LogP contribution in [0.2, 0.25) is 0 Å². The van der Waals surface area contributed by atoms with Crippen LogP contribution in [0.4, 0.5) is 17.1 Å². The van der Waals surface area contributed by atoms with Crippen molar-refractivity contribution in [1.29, 1.82) is 0 Å². The molecule has 0 amide bonds. The van der Waals surface area contributed by atoms with Crippen LogP contribution in [0, 0.1) is 37.3 Å². The number of benzene rings is 4. The van der Waals surface area contributed by atoms with E-state index in [1.54, 1.807) is 0 Å². The number of hydrogen-bond donors (Lipinski definition) is 0. The Morgan fingerprint density at radius 3 is 1.68 bits per heavy atom. The fourth-order valence-corrected chi connectivity index (χ4v) is 4.99. The first-order chi connectivity index (χ1) is 18.0. The number of methoxy groups -OCH3 is 2. The molecule has 192 valence electrons. The summed E-state index contributed by atoms with van der Waals surface area (Å²) in [7, 11) is 2.15. The van der Waals surface area contributed by atoms with E-state index >= 15 is 0 Å². The van der Waals surface area contributed by atoms with Crippen molar-refractivity contribution in [2.45, 2.75) is 13.5 Å². The fraction of sp³-hybridized carbons (Fsp3) is 0.167. The summed E-state index contributed by atoms with van der Waals surface area (Å²) in [6, 6.07) is 4.41. The third-order valence-corrected chi connectivity index (χ3v) is 6.61. The molecule has 1 aliphatic heterocycles. The second-order valence-electron chi connectivity index (χ2n) is 8.40. The zero-order valence-corrected chi connectivity index (χ0v) is 19.8. The molecule has 0 aliphatic carbocycles. The summed E-state index contributed by atoms with van der Waals surface area (Å²) in [6.07, 6.45) is 0. The minimum Gasteiger partial charge on any atom is -0.488 e. The van der Waals surface area contributed by atoms with Gasteiger partial charge in [-0.3, -0.25) is 30.3 Å². The smallest absolute Gasteiger partial charge is 0.338 e. The average Bonchev–Trinajstić information content (AvgIpc) is 2.86. The Hall–Kier alpha value is -5.40. The lowest BCUT2D eigenvalue weighted by molar-refractivity contribution is -0.393. The summed E-state index contributed by atoms with van der Waals surface area (Å²) in [5, 5.41) is 36.0. The number of nitro groups is 3. The van der Waals surface area contributed by atoms with E-state index in [4.69, 9.17) is 14.2 Å². The number of hydrogen-bond acceptors (Lipinski definition) is 11. The molecule has 0 unspecified atom stereocenters. The van der Waals surface area contributed by atoms with E-state index in [1.807, 2.05) is 0 Å². The molecule has 14 nitrogen and oxygen atoms in total. The van der Waals surface area contributed by atoms with Crippen molar-refractivity contribution in [2.75, 3.05) is 14.2 Å². The Morgan fingerprint density at radius 2 is 1.24 bits per heavy atom. The van der Waals surface area contributed by atoms with Crippen molar-refractivity contribution in [2.24, 2.45) is 0 Å². The lowest BCUT2D eigenvalue weighted by atomic mass is 9.85. The Morgan fingerprint density at radius 1 is 0.737 bits per heavy atom. The number of carbonyl (C=O) groups is 2. The molecule has 1 heterocycles. The Balaban J connectivity index is 2.23. The second kappa shape index (κ2) is 8.33. The van der Waals surface area contributed by atoms with Gasteiger partial charge in [-0.15, -0.1) is 0 Å². The highest BCUT2D eigenvalue weighted by atomic mass is 16.6. The molecule has 0 bridgehead atoms. The number of rotatable bonds is 5. The van der Waals surface area contributed by atoms with Gasteiger partial charge in [0.2, 0.25) is 0 Å². The third-order valence-electron chi connectivity index (χ3n) is 6.61. The van der Waals surface area contributed by atoms with Gasteiger partial charge in [0.1, 0.15) is 12.4 Å². The highest BCUT2D eigenvalue weighted by Gasteiger charge is 2.35. The van der Waals surface area contributed by atoms with Crippen LogP contribution in [-0.4, -0.2) is 40.9 Å². The van der Waals surface area contributed by atoms with Crippen molar-refractivity contribution in [3.63, 3.8) is 0 Å². The molecule has 0 saturated heterocycles. The van der Waals surface area contributed by atoms with E-state index in [2.05, 4.69) is 0 Å². The molecule has 0 spiro atoms. The van der Waals surface area contributed by atoms with Gasteiger partial charge in [-0.25, -0.2) is 9.59 Å². The van der Waals surface area contributed by atoms with Crippen LogP contribution in [0.15, 0.2) is 24.3 Å². The molecule has 0 aromatic heterocycles. The lowest BCUT2D eigenvalue weighted by Crippen LogP contribution is -2.14. The van der Waals surface area contributed by atoms with Crippen LogP contribution >= 0.6 is 0 Å². The molecule has 14 heteroatoms. The van der Waals surface area contributed by atoms with E-state index < -0.39 is 43.8 Å². The maximum absolute atomic E-state index is 12.8. The van der Waals surface area contributed by atoms with Gasteiger partial charge < -0.3 is 14.2 Å². The van der Waals surface area contributed by atoms with Crippen LogP contribution < -0.4 is 4.74 Å². The van der Waals surface area contributed by atoms with Crippen molar-refractivity contribution < 1.29 is 38.6 Å². The number of non-ortho nitro benzene ring substituents is 2. The number of carbonyl (C=O) groups excluding carboxylic acids is 2. The van der Waals surface area contributed by atoms with Crippen molar-refractivity contribution in [3.8, 4) is 5.75 Å². The minimum absolute atomic E-state index is 0.0140. The Bertz CT molecular complexity index is 1820. The Labute approximate surface area is 210 Å². The highest BCUT2D eigenvalue weighted by molar-refractivity contribution is 6.31. The molecule has 38 heavy (non-hydrogen) atoms. The predicted octanol–water partition coefficient (Wildman–Crippen LogP) is 4.64. The molecule has 4 aromatic rings. The summed E-state index contributed by atoms with van der Waals surface area (Å²) in [5.74, 6) is -1.74. The number of fused-ring (bicyclic) bond motifs is 7. The number of nitro benzene ring substituents is 3. The molecule has 1 aliphatic rings. The first kappa shape index (κ1) is 24.3. The second-order valence-corrected chi connectivity index (χ2v) is 8.40. The Kier molecular flexibility index (Phi) is 5.33. The van der Waals surface area contributed by atoms with E-state index in [1.165, 1.54) is 19.1 Å². The SMILES string of the molecule is COC(=O)c1cc2cc(C(=O)OC)c3c([N+](=O)[O-])cc4c(c3c2c2c(C)c([N+](=O)[O-])cc([N+](=O)[O-])c12)CO4. The molecule has 0 N–H and O–H groups in total. The van der Waals surface area contributed by atoms with Crippen LogP contribution in [0.25, 0.3) is 32.3 Å². The molecule has 0 radical (unpaired) electrons. The highest BCUT2D eigenvalue weighted by Crippen LogP contribution is 2.50. The summed E-state index contributed by atoms with van der Waals surface area (Å²) >= 11 is 0. The molecule has 5 rings (SSSR count). The van der Waals surface area contributed by atoms with Crippen molar-refractivity contribution >= 4 is 61.3 Å². The number of nitrogens with zero attached hydrogens (tertiary/aromatic N) is 3. The number of ether oxygens (including phenoxy) is 3. The zero-order chi connectivity index (χ0) is 27.6. The van der Waals surface area contributed by atoms with Gasteiger partial charge >= 0.3 is 11.9 Å².